The number of amides is 1. The Morgan fingerprint density at radius 3 is 2.78 bits per heavy atom. The molecule has 1 saturated heterocycles. The van der Waals surface area contributed by atoms with E-state index in [4.69, 9.17) is 14.5 Å². The van der Waals surface area contributed by atoms with Crippen LogP contribution in [-0.4, -0.2) is 38.2 Å². The molecule has 8 nitrogen and oxygen atoms in total. The van der Waals surface area contributed by atoms with Gasteiger partial charge < -0.3 is 23.8 Å². The molecule has 1 aliphatic carbocycles. The number of pyridine rings is 2. The van der Waals surface area contributed by atoms with Gasteiger partial charge in [0.15, 0.2) is 0 Å². The molecule has 1 N–H and O–H groups in total. The minimum absolute atomic E-state index is 0.0609. The number of nitrogens with one attached hydrogen (secondary N) is 1. The van der Waals surface area contributed by atoms with E-state index in [1.807, 2.05) is 24.4 Å². The lowest BCUT2D eigenvalue weighted by Crippen LogP contribution is -2.26. The molecule has 2 aliphatic rings. The molecule has 3 aromatic rings. The fourth-order valence-electron chi connectivity index (χ4n) is 4.92. The van der Waals surface area contributed by atoms with Crippen molar-refractivity contribution in [2.75, 3.05) is 11.9 Å². The summed E-state index contributed by atoms with van der Waals surface area (Å²) in [6.45, 7) is 6.66. The summed E-state index contributed by atoms with van der Waals surface area (Å²) in [5, 5.41) is 2.73. The van der Waals surface area contributed by atoms with Crippen LogP contribution in [0.3, 0.4) is 0 Å². The van der Waals surface area contributed by atoms with Gasteiger partial charge in [-0.3, -0.25) is 9.59 Å². The first-order valence-electron chi connectivity index (χ1n) is 11.0. The fourth-order valence-corrected chi connectivity index (χ4v) is 4.92. The first-order valence-corrected chi connectivity index (χ1v) is 11.0. The highest BCUT2D eigenvalue weighted by Gasteiger charge is 2.55. The number of carbonyl (C=O) groups is 1. The molecule has 168 valence electrons. The summed E-state index contributed by atoms with van der Waals surface area (Å²) in [5.41, 5.74) is 1.86. The second-order valence-corrected chi connectivity index (χ2v) is 9.60. The zero-order valence-electron chi connectivity index (χ0n) is 18.8. The van der Waals surface area contributed by atoms with Crippen molar-refractivity contribution >= 4 is 17.2 Å². The number of hydrogen-bond donors (Lipinski definition) is 1. The van der Waals surface area contributed by atoms with Crippen molar-refractivity contribution < 1.29 is 14.3 Å². The molecule has 8 heteroatoms. The lowest BCUT2D eigenvalue weighted by atomic mass is 9.84. The lowest BCUT2D eigenvalue weighted by molar-refractivity contribution is -0.00627. The van der Waals surface area contributed by atoms with Gasteiger partial charge >= 0.3 is 0 Å². The summed E-state index contributed by atoms with van der Waals surface area (Å²) in [6.07, 6.45) is 8.28. The van der Waals surface area contributed by atoms with Crippen LogP contribution in [0.5, 0.6) is 5.75 Å². The Bertz CT molecular complexity index is 1260. The smallest absolute Gasteiger partial charge is 0.274 e. The predicted molar refractivity (Wildman–Crippen MR) is 120 cm³/mol. The Labute approximate surface area is 186 Å². The van der Waals surface area contributed by atoms with Gasteiger partial charge in [0, 0.05) is 37.1 Å². The van der Waals surface area contributed by atoms with E-state index in [9.17, 15) is 9.59 Å². The summed E-state index contributed by atoms with van der Waals surface area (Å²) in [4.78, 5) is 30.4. The van der Waals surface area contributed by atoms with E-state index >= 15 is 0 Å². The van der Waals surface area contributed by atoms with Crippen molar-refractivity contribution in [3.8, 4) is 5.75 Å². The zero-order valence-corrected chi connectivity index (χ0v) is 18.8. The number of ether oxygens (including phenoxy) is 2. The standard InChI is InChI=1S/C24H28N4O4/c1-15(2)32-18-10-20-26-19(24-8-7-23(3,13-24)31-14-24)12-28(20)11-16(18)21(29)25-17-6-5-9-27(4)22(17)30/h5-6,9-12,15H,7-8,13-14H2,1-4H3,(H,25,29)/t23-,24-/m0/s1. The first-order chi connectivity index (χ1) is 15.2. The van der Waals surface area contributed by atoms with E-state index in [0.717, 1.165) is 30.6 Å². The number of rotatable bonds is 5. The predicted octanol–water partition coefficient (Wildman–Crippen LogP) is 3.28. The van der Waals surface area contributed by atoms with Crippen molar-refractivity contribution in [3.05, 3.63) is 58.4 Å². The molecule has 0 spiro atoms. The second kappa shape index (κ2) is 7.20. The number of nitrogens with zero attached hydrogens (tertiary/aromatic N) is 3. The van der Waals surface area contributed by atoms with Crippen LogP contribution in [0.4, 0.5) is 5.69 Å². The molecule has 1 saturated carbocycles. The van der Waals surface area contributed by atoms with Crippen LogP contribution in [0.2, 0.25) is 0 Å². The molecule has 1 amide bonds. The molecule has 2 fully saturated rings. The second-order valence-electron chi connectivity index (χ2n) is 9.60. The van der Waals surface area contributed by atoms with Crippen LogP contribution in [0.15, 0.2) is 41.6 Å². The van der Waals surface area contributed by atoms with Crippen molar-refractivity contribution in [1.82, 2.24) is 14.0 Å². The van der Waals surface area contributed by atoms with E-state index in [0.29, 0.717) is 17.9 Å². The minimum Gasteiger partial charge on any atom is -0.490 e. The highest BCUT2D eigenvalue weighted by Crippen LogP contribution is 2.53. The van der Waals surface area contributed by atoms with E-state index in [1.165, 1.54) is 4.57 Å². The van der Waals surface area contributed by atoms with Gasteiger partial charge in [0.1, 0.15) is 17.1 Å². The molecule has 32 heavy (non-hydrogen) atoms. The topological polar surface area (TPSA) is 86.9 Å². The maximum absolute atomic E-state index is 13.2. The van der Waals surface area contributed by atoms with Crippen LogP contribution in [0.25, 0.3) is 5.65 Å². The first kappa shape index (κ1) is 20.8. The molecule has 1 aliphatic heterocycles. The normalized spacial score (nSPS) is 24.4. The number of aryl methyl sites for hydroxylation is 1. The van der Waals surface area contributed by atoms with E-state index < -0.39 is 5.91 Å². The van der Waals surface area contributed by atoms with Gasteiger partial charge in [0.25, 0.3) is 11.5 Å². The average Bonchev–Trinajstić information content (AvgIpc) is 3.41. The van der Waals surface area contributed by atoms with Crippen LogP contribution < -0.4 is 15.6 Å². The van der Waals surface area contributed by atoms with Gasteiger partial charge in [-0.05, 0) is 52.2 Å². The van der Waals surface area contributed by atoms with E-state index in [2.05, 4.69) is 12.2 Å². The van der Waals surface area contributed by atoms with Crippen LogP contribution in [-0.2, 0) is 17.2 Å². The third-order valence-corrected chi connectivity index (χ3v) is 6.62. The fraction of sp³-hybridized carbons (Fsp3) is 0.458. The van der Waals surface area contributed by atoms with Gasteiger partial charge in [0.05, 0.1) is 29.6 Å². The summed E-state index contributed by atoms with van der Waals surface area (Å²) >= 11 is 0. The van der Waals surface area contributed by atoms with E-state index in [-0.39, 0.29) is 28.4 Å². The monoisotopic (exact) mass is 436 g/mol. The SMILES string of the molecule is CC(C)Oc1cc2nc([C@@]34CC[C@@](C)(C3)OC4)cn2cc1C(=O)Nc1cccn(C)c1=O. The summed E-state index contributed by atoms with van der Waals surface area (Å²) in [7, 11) is 1.64. The van der Waals surface area contributed by atoms with Crippen LogP contribution >= 0.6 is 0 Å². The van der Waals surface area contributed by atoms with Gasteiger partial charge in [-0.25, -0.2) is 4.98 Å². The van der Waals surface area contributed by atoms with Gasteiger partial charge in [-0.1, -0.05) is 0 Å². The molecular weight excluding hydrogens is 408 g/mol. The number of anilines is 1. The van der Waals surface area contributed by atoms with E-state index in [1.54, 1.807) is 37.6 Å². The molecule has 2 atom stereocenters. The Morgan fingerprint density at radius 2 is 2.12 bits per heavy atom. The Kier molecular flexibility index (Phi) is 4.67. The third-order valence-electron chi connectivity index (χ3n) is 6.62. The summed E-state index contributed by atoms with van der Waals surface area (Å²) in [6, 6.07) is 5.10. The summed E-state index contributed by atoms with van der Waals surface area (Å²) in [5.74, 6) is 0.0308. The maximum atomic E-state index is 13.2. The number of hydrogen-bond acceptors (Lipinski definition) is 5. The maximum Gasteiger partial charge on any atom is 0.274 e. The third kappa shape index (κ3) is 3.39. The van der Waals surface area contributed by atoms with Crippen molar-refractivity contribution in [3.63, 3.8) is 0 Å². The zero-order chi connectivity index (χ0) is 22.7. The van der Waals surface area contributed by atoms with Crippen molar-refractivity contribution in [2.45, 2.75) is 57.2 Å². The molecule has 2 bridgehead atoms. The van der Waals surface area contributed by atoms with Crippen LogP contribution in [0.1, 0.15) is 56.1 Å². The largest absolute Gasteiger partial charge is 0.490 e. The van der Waals surface area contributed by atoms with Gasteiger partial charge in [-0.2, -0.15) is 0 Å². The number of fused-ring (bicyclic) bond motifs is 3. The molecule has 0 radical (unpaired) electrons. The Morgan fingerprint density at radius 1 is 1.31 bits per heavy atom. The summed E-state index contributed by atoms with van der Waals surface area (Å²) < 4.78 is 15.3. The molecule has 3 aromatic heterocycles. The molecule has 0 unspecified atom stereocenters. The highest BCUT2D eigenvalue weighted by atomic mass is 16.5. The number of carbonyl (C=O) groups excluding carboxylic acids is 1. The minimum atomic E-state index is -0.406. The quantitative estimate of drug-likeness (QED) is 0.663. The molecular formula is C24H28N4O4. The van der Waals surface area contributed by atoms with Crippen LogP contribution in [0, 0.1) is 0 Å². The molecule has 0 aromatic carbocycles. The average molecular weight is 437 g/mol. The highest BCUT2D eigenvalue weighted by molar-refractivity contribution is 6.06. The van der Waals surface area contributed by atoms with Crippen molar-refractivity contribution in [1.29, 1.82) is 0 Å². The Balaban J connectivity index is 1.54. The lowest BCUT2D eigenvalue weighted by Gasteiger charge is -2.24. The number of imidazole rings is 1. The van der Waals surface area contributed by atoms with Gasteiger partial charge in [-0.15, -0.1) is 0 Å². The Hall–Kier alpha value is -3.13. The molecule has 5 rings (SSSR count). The van der Waals surface area contributed by atoms with Crippen molar-refractivity contribution in [2.24, 2.45) is 7.05 Å². The number of aromatic nitrogens is 3. The molecule has 4 heterocycles. The van der Waals surface area contributed by atoms with Gasteiger partial charge in [0.2, 0.25) is 0 Å².